The van der Waals surface area contributed by atoms with Gasteiger partial charge in [-0.15, -0.1) is 11.8 Å². The van der Waals surface area contributed by atoms with Crippen LogP contribution in [0.15, 0.2) is 10.6 Å². The molecular formula is C7H14N2S. The number of nitrogens with two attached hydrogens (primary N) is 2. The summed E-state index contributed by atoms with van der Waals surface area (Å²) >= 11 is 1.72. The molecule has 3 heteroatoms. The maximum Gasteiger partial charge on any atom is 0.0665 e. The summed E-state index contributed by atoms with van der Waals surface area (Å²) in [5.74, 6) is 1.67. The van der Waals surface area contributed by atoms with Crippen LogP contribution in [-0.4, -0.2) is 11.8 Å². The molecular weight excluding hydrogens is 144 g/mol. The van der Waals surface area contributed by atoms with E-state index in [9.17, 15) is 0 Å². The molecule has 0 bridgehead atoms. The Morgan fingerprint density at radius 1 is 1.70 bits per heavy atom. The Morgan fingerprint density at radius 2 is 2.30 bits per heavy atom. The first kappa shape index (κ1) is 7.95. The minimum Gasteiger partial charge on any atom is -0.394 e. The molecule has 1 rings (SSSR count). The smallest absolute Gasteiger partial charge is 0.0665 e. The van der Waals surface area contributed by atoms with Gasteiger partial charge in [0, 0.05) is 11.8 Å². The van der Waals surface area contributed by atoms with E-state index < -0.39 is 0 Å². The van der Waals surface area contributed by atoms with Crippen molar-refractivity contribution in [2.24, 2.45) is 17.4 Å². The fourth-order valence-corrected chi connectivity index (χ4v) is 2.47. The molecule has 0 amide bonds. The molecule has 0 fully saturated rings. The van der Waals surface area contributed by atoms with Crippen LogP contribution in [0, 0.1) is 5.92 Å². The van der Waals surface area contributed by atoms with Crippen LogP contribution in [-0.2, 0) is 0 Å². The summed E-state index contributed by atoms with van der Waals surface area (Å²) in [6.07, 6.45) is 0. The van der Waals surface area contributed by atoms with Gasteiger partial charge in [-0.1, -0.05) is 6.92 Å². The number of hydrogen-bond donors (Lipinski definition) is 2. The van der Waals surface area contributed by atoms with Crippen LogP contribution >= 0.6 is 11.8 Å². The van der Waals surface area contributed by atoms with Crippen molar-refractivity contribution in [1.82, 2.24) is 0 Å². The highest BCUT2D eigenvalue weighted by molar-refractivity contribution is 8.03. The standard InChI is InChI=1S/C7H14N2S/c1-4-3-10-7(9)6(4)5(2)8/h4-5H,3,8-9H2,1-2H3. The minimum atomic E-state index is 0.130. The van der Waals surface area contributed by atoms with Crippen LogP contribution in [0.5, 0.6) is 0 Å². The summed E-state index contributed by atoms with van der Waals surface area (Å²) in [6, 6.07) is 0.130. The van der Waals surface area contributed by atoms with Gasteiger partial charge in [0.05, 0.1) is 5.03 Å². The molecule has 0 spiro atoms. The number of hydrogen-bond acceptors (Lipinski definition) is 3. The molecule has 2 nitrogen and oxygen atoms in total. The Hall–Kier alpha value is -0.150. The number of thioether (sulfide) groups is 1. The summed E-state index contributed by atoms with van der Waals surface area (Å²) in [4.78, 5) is 0. The third kappa shape index (κ3) is 1.30. The third-order valence-electron chi connectivity index (χ3n) is 1.79. The zero-order valence-electron chi connectivity index (χ0n) is 6.42. The lowest BCUT2D eigenvalue weighted by molar-refractivity contribution is 0.689. The lowest BCUT2D eigenvalue weighted by Gasteiger charge is -2.11. The predicted molar refractivity (Wildman–Crippen MR) is 46.5 cm³/mol. The van der Waals surface area contributed by atoms with Crippen LogP contribution in [0.3, 0.4) is 0 Å². The van der Waals surface area contributed by atoms with Crippen molar-refractivity contribution in [3.05, 3.63) is 10.6 Å². The van der Waals surface area contributed by atoms with E-state index in [4.69, 9.17) is 11.5 Å². The van der Waals surface area contributed by atoms with Crippen molar-refractivity contribution in [3.63, 3.8) is 0 Å². The van der Waals surface area contributed by atoms with Crippen molar-refractivity contribution in [3.8, 4) is 0 Å². The number of rotatable bonds is 1. The average Bonchev–Trinajstić information content (AvgIpc) is 2.11. The second-order valence-corrected chi connectivity index (χ2v) is 3.88. The third-order valence-corrected chi connectivity index (χ3v) is 3.01. The lowest BCUT2D eigenvalue weighted by atomic mass is 9.99. The second kappa shape index (κ2) is 2.84. The Kier molecular flexibility index (Phi) is 2.26. The van der Waals surface area contributed by atoms with E-state index in [1.807, 2.05) is 6.92 Å². The van der Waals surface area contributed by atoms with Crippen LogP contribution in [0.1, 0.15) is 13.8 Å². The molecule has 1 aliphatic heterocycles. The SMILES string of the molecule is CC(N)C1=C(N)SCC1C. The summed E-state index contributed by atoms with van der Waals surface area (Å²) in [7, 11) is 0. The monoisotopic (exact) mass is 158 g/mol. The van der Waals surface area contributed by atoms with Crippen LogP contribution in [0.2, 0.25) is 0 Å². The highest BCUT2D eigenvalue weighted by Crippen LogP contribution is 2.33. The van der Waals surface area contributed by atoms with Crippen molar-refractivity contribution < 1.29 is 0 Å². The Balaban J connectivity index is 2.78. The van der Waals surface area contributed by atoms with Gasteiger partial charge in [0.15, 0.2) is 0 Å². The van der Waals surface area contributed by atoms with E-state index in [0.29, 0.717) is 5.92 Å². The first-order chi connectivity index (χ1) is 4.63. The lowest BCUT2D eigenvalue weighted by Crippen LogP contribution is -2.23. The van der Waals surface area contributed by atoms with Crippen LogP contribution in [0.4, 0.5) is 0 Å². The second-order valence-electron chi connectivity index (χ2n) is 2.82. The van der Waals surface area contributed by atoms with E-state index in [1.54, 1.807) is 11.8 Å². The first-order valence-electron chi connectivity index (χ1n) is 3.51. The van der Waals surface area contributed by atoms with E-state index >= 15 is 0 Å². The first-order valence-corrected chi connectivity index (χ1v) is 4.49. The summed E-state index contributed by atoms with van der Waals surface area (Å²) in [6.45, 7) is 4.16. The molecule has 0 saturated heterocycles. The van der Waals surface area contributed by atoms with Gasteiger partial charge in [0.25, 0.3) is 0 Å². The van der Waals surface area contributed by atoms with Crippen molar-refractivity contribution in [2.75, 3.05) is 5.75 Å². The maximum atomic E-state index is 5.73. The summed E-state index contributed by atoms with van der Waals surface area (Å²) in [5, 5.41) is 0.947. The zero-order chi connectivity index (χ0) is 7.72. The molecule has 1 heterocycles. The van der Waals surface area contributed by atoms with Crippen LogP contribution < -0.4 is 11.5 Å². The topological polar surface area (TPSA) is 52.0 Å². The fraction of sp³-hybridized carbons (Fsp3) is 0.714. The molecule has 0 aromatic heterocycles. The highest BCUT2D eigenvalue weighted by atomic mass is 32.2. The Labute approximate surface area is 66.0 Å². The fourth-order valence-electron chi connectivity index (χ4n) is 1.30. The van der Waals surface area contributed by atoms with Gasteiger partial charge in [-0.25, -0.2) is 0 Å². The molecule has 58 valence electrons. The van der Waals surface area contributed by atoms with Gasteiger partial charge in [-0.3, -0.25) is 0 Å². The molecule has 1 aliphatic rings. The minimum absolute atomic E-state index is 0.130. The molecule has 2 unspecified atom stereocenters. The van der Waals surface area contributed by atoms with Gasteiger partial charge in [-0.05, 0) is 18.4 Å². The molecule has 0 saturated carbocycles. The zero-order valence-corrected chi connectivity index (χ0v) is 7.24. The average molecular weight is 158 g/mol. The van der Waals surface area contributed by atoms with Gasteiger partial charge in [0.1, 0.15) is 0 Å². The van der Waals surface area contributed by atoms with Crippen molar-refractivity contribution >= 4 is 11.8 Å². The van der Waals surface area contributed by atoms with E-state index in [1.165, 1.54) is 5.57 Å². The normalized spacial score (nSPS) is 29.3. The molecule has 4 N–H and O–H groups in total. The van der Waals surface area contributed by atoms with Gasteiger partial charge >= 0.3 is 0 Å². The van der Waals surface area contributed by atoms with E-state index in [-0.39, 0.29) is 6.04 Å². The Bertz CT molecular complexity index is 163. The molecule has 0 aromatic rings. The van der Waals surface area contributed by atoms with Crippen molar-refractivity contribution in [1.29, 1.82) is 0 Å². The van der Waals surface area contributed by atoms with Gasteiger partial charge in [0.2, 0.25) is 0 Å². The highest BCUT2D eigenvalue weighted by Gasteiger charge is 2.22. The molecule has 10 heavy (non-hydrogen) atoms. The summed E-state index contributed by atoms with van der Waals surface area (Å²) in [5.41, 5.74) is 12.7. The molecule has 2 atom stereocenters. The quantitative estimate of drug-likeness (QED) is 0.596. The van der Waals surface area contributed by atoms with Gasteiger partial charge < -0.3 is 11.5 Å². The maximum absolute atomic E-state index is 5.73. The summed E-state index contributed by atoms with van der Waals surface area (Å²) < 4.78 is 0. The van der Waals surface area contributed by atoms with Crippen LogP contribution in [0.25, 0.3) is 0 Å². The predicted octanol–water partition coefficient (Wildman–Crippen LogP) is 0.887. The van der Waals surface area contributed by atoms with E-state index in [0.717, 1.165) is 10.8 Å². The largest absolute Gasteiger partial charge is 0.394 e. The molecule has 0 aromatic carbocycles. The van der Waals surface area contributed by atoms with Crippen molar-refractivity contribution in [2.45, 2.75) is 19.9 Å². The van der Waals surface area contributed by atoms with E-state index in [2.05, 4.69) is 6.92 Å². The molecule has 0 aliphatic carbocycles. The Morgan fingerprint density at radius 3 is 2.50 bits per heavy atom. The van der Waals surface area contributed by atoms with Gasteiger partial charge in [-0.2, -0.15) is 0 Å². The molecule has 0 radical (unpaired) electrons.